The van der Waals surface area contributed by atoms with Crippen LogP contribution in [0.15, 0.2) is 46.9 Å². The molecule has 0 spiro atoms. The van der Waals surface area contributed by atoms with Gasteiger partial charge in [0.05, 0.1) is 11.8 Å². The summed E-state index contributed by atoms with van der Waals surface area (Å²) in [4.78, 5) is 1.17. The van der Waals surface area contributed by atoms with Crippen molar-refractivity contribution >= 4 is 34.4 Å². The standard InChI is InChI=1S/C14H12FN3S2/c15-10-5-3-9(4-6-10)11-8-12(13-2-1-7-20-13)18(17-11)14(16)19/h1-7,12H,8H2,(H2,16,19). The van der Waals surface area contributed by atoms with Crippen molar-refractivity contribution in [2.24, 2.45) is 10.8 Å². The minimum absolute atomic E-state index is 0.0348. The molecule has 2 N–H and O–H groups in total. The molecule has 0 saturated heterocycles. The number of benzene rings is 1. The van der Waals surface area contributed by atoms with Gasteiger partial charge in [-0.2, -0.15) is 5.10 Å². The van der Waals surface area contributed by atoms with Gasteiger partial charge >= 0.3 is 0 Å². The Balaban J connectivity index is 1.92. The number of rotatable bonds is 2. The third kappa shape index (κ3) is 2.44. The first kappa shape index (κ1) is 13.2. The van der Waals surface area contributed by atoms with E-state index in [2.05, 4.69) is 5.10 Å². The maximum Gasteiger partial charge on any atom is 0.187 e. The van der Waals surface area contributed by atoms with Crippen molar-refractivity contribution in [1.29, 1.82) is 0 Å². The van der Waals surface area contributed by atoms with Gasteiger partial charge < -0.3 is 5.73 Å². The van der Waals surface area contributed by atoms with Gasteiger partial charge in [0.15, 0.2) is 5.11 Å². The average Bonchev–Trinajstić information content (AvgIpc) is 3.08. The zero-order valence-corrected chi connectivity index (χ0v) is 12.1. The maximum absolute atomic E-state index is 13.0. The Bertz CT molecular complexity index is 650. The highest BCUT2D eigenvalue weighted by Crippen LogP contribution is 2.34. The average molecular weight is 305 g/mol. The van der Waals surface area contributed by atoms with Crippen molar-refractivity contribution in [3.05, 3.63) is 58.0 Å². The molecule has 3 nitrogen and oxygen atoms in total. The Morgan fingerprint density at radius 1 is 1.35 bits per heavy atom. The smallest absolute Gasteiger partial charge is 0.187 e. The Kier molecular flexibility index (Phi) is 3.50. The van der Waals surface area contributed by atoms with Crippen LogP contribution in [0.2, 0.25) is 0 Å². The Morgan fingerprint density at radius 2 is 2.10 bits per heavy atom. The number of nitrogens with two attached hydrogens (primary N) is 1. The van der Waals surface area contributed by atoms with Crippen LogP contribution in [0.4, 0.5) is 4.39 Å². The molecule has 1 atom stereocenters. The molecule has 3 rings (SSSR count). The Morgan fingerprint density at radius 3 is 2.70 bits per heavy atom. The Labute approximate surface area is 125 Å². The zero-order valence-electron chi connectivity index (χ0n) is 10.5. The molecule has 102 valence electrons. The van der Waals surface area contributed by atoms with Crippen molar-refractivity contribution < 1.29 is 4.39 Å². The fraction of sp³-hybridized carbons (Fsp3) is 0.143. The van der Waals surface area contributed by atoms with E-state index in [4.69, 9.17) is 18.0 Å². The lowest BCUT2D eigenvalue weighted by Gasteiger charge is -2.20. The molecule has 20 heavy (non-hydrogen) atoms. The summed E-state index contributed by atoms with van der Waals surface area (Å²) in [5.41, 5.74) is 7.52. The first-order chi connectivity index (χ1) is 9.65. The molecule has 1 unspecified atom stereocenters. The molecule has 2 heterocycles. The SMILES string of the molecule is NC(=S)N1N=C(c2ccc(F)cc2)CC1c1cccs1. The second-order valence-electron chi connectivity index (χ2n) is 4.47. The van der Waals surface area contributed by atoms with E-state index >= 15 is 0 Å². The topological polar surface area (TPSA) is 41.6 Å². The minimum atomic E-state index is -0.256. The Hall–Kier alpha value is -1.79. The minimum Gasteiger partial charge on any atom is -0.375 e. The van der Waals surface area contributed by atoms with Crippen LogP contribution < -0.4 is 5.73 Å². The van der Waals surface area contributed by atoms with Gasteiger partial charge in [-0.3, -0.25) is 0 Å². The van der Waals surface area contributed by atoms with Gasteiger partial charge in [-0.05, 0) is 41.4 Å². The van der Waals surface area contributed by atoms with Gasteiger partial charge in [-0.25, -0.2) is 9.40 Å². The molecule has 0 bridgehead atoms. The molecule has 2 aromatic rings. The number of hydrazone groups is 1. The van der Waals surface area contributed by atoms with Crippen molar-refractivity contribution in [1.82, 2.24) is 5.01 Å². The van der Waals surface area contributed by atoms with E-state index in [1.807, 2.05) is 17.5 Å². The van der Waals surface area contributed by atoms with Gasteiger partial charge in [0.25, 0.3) is 0 Å². The van der Waals surface area contributed by atoms with Crippen LogP contribution >= 0.6 is 23.6 Å². The van der Waals surface area contributed by atoms with Crippen LogP contribution in [0.3, 0.4) is 0 Å². The lowest BCUT2D eigenvalue weighted by Crippen LogP contribution is -2.31. The van der Waals surface area contributed by atoms with E-state index in [-0.39, 0.29) is 17.0 Å². The van der Waals surface area contributed by atoms with Gasteiger partial charge in [-0.15, -0.1) is 11.3 Å². The predicted molar refractivity (Wildman–Crippen MR) is 83.2 cm³/mol. The highest BCUT2D eigenvalue weighted by atomic mass is 32.1. The van der Waals surface area contributed by atoms with Gasteiger partial charge in [-0.1, -0.05) is 18.2 Å². The van der Waals surface area contributed by atoms with E-state index in [1.165, 1.54) is 17.0 Å². The first-order valence-corrected chi connectivity index (χ1v) is 7.39. The van der Waals surface area contributed by atoms with Crippen LogP contribution in [-0.4, -0.2) is 15.8 Å². The number of hydrogen-bond acceptors (Lipinski definition) is 3. The lowest BCUT2D eigenvalue weighted by atomic mass is 10.0. The summed E-state index contributed by atoms with van der Waals surface area (Å²) in [5, 5.41) is 8.43. The molecule has 1 aromatic heterocycles. The monoisotopic (exact) mass is 305 g/mol. The van der Waals surface area contributed by atoms with E-state index in [9.17, 15) is 4.39 Å². The summed E-state index contributed by atoms with van der Waals surface area (Å²) >= 11 is 6.72. The molecule has 1 aromatic carbocycles. The summed E-state index contributed by atoms with van der Waals surface area (Å²) < 4.78 is 13.0. The molecule has 0 saturated carbocycles. The normalized spacial score (nSPS) is 18.1. The van der Waals surface area contributed by atoms with Crippen LogP contribution in [-0.2, 0) is 0 Å². The molecular formula is C14H12FN3S2. The number of thiophene rings is 1. The first-order valence-electron chi connectivity index (χ1n) is 6.10. The third-order valence-corrected chi connectivity index (χ3v) is 4.35. The second kappa shape index (κ2) is 5.30. The number of thiocarbonyl (C=S) groups is 1. The van der Waals surface area contributed by atoms with Crippen LogP contribution in [0.25, 0.3) is 0 Å². The van der Waals surface area contributed by atoms with E-state index in [1.54, 1.807) is 28.5 Å². The maximum atomic E-state index is 13.0. The van der Waals surface area contributed by atoms with E-state index in [0.29, 0.717) is 6.42 Å². The molecular weight excluding hydrogens is 293 g/mol. The molecule has 6 heteroatoms. The van der Waals surface area contributed by atoms with Gasteiger partial charge in [0.2, 0.25) is 0 Å². The second-order valence-corrected chi connectivity index (χ2v) is 5.87. The van der Waals surface area contributed by atoms with Crippen molar-refractivity contribution in [3.63, 3.8) is 0 Å². The molecule has 0 amide bonds. The van der Waals surface area contributed by atoms with E-state index in [0.717, 1.165) is 11.3 Å². The van der Waals surface area contributed by atoms with Crippen LogP contribution in [0.1, 0.15) is 22.9 Å². The lowest BCUT2D eigenvalue weighted by molar-refractivity contribution is 0.378. The van der Waals surface area contributed by atoms with Crippen LogP contribution in [0, 0.1) is 5.82 Å². The molecule has 0 radical (unpaired) electrons. The van der Waals surface area contributed by atoms with Gasteiger partial charge in [0, 0.05) is 11.3 Å². The van der Waals surface area contributed by atoms with Crippen molar-refractivity contribution in [2.75, 3.05) is 0 Å². The van der Waals surface area contributed by atoms with E-state index < -0.39 is 0 Å². The summed E-state index contributed by atoms with van der Waals surface area (Å²) in [6.07, 6.45) is 0.712. The number of nitrogens with zero attached hydrogens (tertiary/aromatic N) is 2. The summed E-state index contributed by atoms with van der Waals surface area (Å²) in [6, 6.07) is 10.4. The fourth-order valence-corrected chi connectivity index (χ4v) is 3.21. The van der Waals surface area contributed by atoms with Crippen molar-refractivity contribution in [3.8, 4) is 0 Å². The summed E-state index contributed by atoms with van der Waals surface area (Å²) in [5.74, 6) is -0.256. The number of hydrogen-bond donors (Lipinski definition) is 1. The van der Waals surface area contributed by atoms with Crippen LogP contribution in [0.5, 0.6) is 0 Å². The van der Waals surface area contributed by atoms with Crippen molar-refractivity contribution in [2.45, 2.75) is 12.5 Å². The molecule has 1 aliphatic heterocycles. The third-order valence-electron chi connectivity index (χ3n) is 3.19. The van der Waals surface area contributed by atoms with Gasteiger partial charge in [0.1, 0.15) is 5.82 Å². The molecule has 0 aliphatic carbocycles. The zero-order chi connectivity index (χ0) is 14.1. The number of halogens is 1. The fourth-order valence-electron chi connectivity index (χ4n) is 2.23. The molecule has 0 fully saturated rings. The highest BCUT2D eigenvalue weighted by Gasteiger charge is 2.30. The highest BCUT2D eigenvalue weighted by molar-refractivity contribution is 7.80. The molecule has 1 aliphatic rings. The largest absolute Gasteiger partial charge is 0.375 e. The quantitative estimate of drug-likeness (QED) is 0.866. The summed E-state index contributed by atoms with van der Waals surface area (Å²) in [7, 11) is 0. The summed E-state index contributed by atoms with van der Waals surface area (Å²) in [6.45, 7) is 0. The predicted octanol–water partition coefficient (Wildman–Crippen LogP) is 3.28.